The van der Waals surface area contributed by atoms with Crippen molar-refractivity contribution in [1.82, 2.24) is 4.90 Å². The quantitative estimate of drug-likeness (QED) is 0.147. The molecule has 0 aromatic heterocycles. The van der Waals surface area contributed by atoms with E-state index < -0.39 is 133 Å². The zero-order chi connectivity index (χ0) is 48.1. The van der Waals surface area contributed by atoms with Crippen molar-refractivity contribution in [2.24, 2.45) is 17.8 Å². The Balaban J connectivity index is 2.12. The minimum Gasteiger partial charge on any atom is -0.462 e. The number of aldehydes is 1. The highest BCUT2D eigenvalue weighted by molar-refractivity contribution is 5.72. The average molecular weight is 912 g/mol. The van der Waals surface area contributed by atoms with Gasteiger partial charge in [0.05, 0.1) is 30.8 Å². The highest BCUT2D eigenvalue weighted by Crippen LogP contribution is 2.39. The Morgan fingerprint density at radius 2 is 1.55 bits per heavy atom. The summed E-state index contributed by atoms with van der Waals surface area (Å²) in [5, 5.41) is 11.6. The van der Waals surface area contributed by atoms with E-state index >= 15 is 0 Å². The molecule has 0 spiro atoms. The van der Waals surface area contributed by atoms with E-state index in [0.717, 1.165) is 0 Å². The fraction of sp³-hybridized carbons (Fsp3) is 0.783. The summed E-state index contributed by atoms with van der Waals surface area (Å²) in [6.07, 6.45) is -4.43. The molecule has 0 radical (unpaired) electrons. The Hall–Kier alpha value is -3.78. The van der Waals surface area contributed by atoms with E-state index in [1.54, 1.807) is 71.0 Å². The standard InChI is InChI=1S/C46H73NO17/c1-25(2)21-36(52)62-44-29(6)57-38(24-46(44,10)54)63-40-28(5)58-45(43(61-32(9)51)39(40)47(11)12)64-41-33(19-20-48)22-26(3)34(59-30(7)49)18-16-14-15-17-27(4)56-37(53)23-35(42(41)55-13)60-31(8)50/h14-16,18,20,25-29,33-35,38-45,54H,17,19,21-24H2,1-13H3/b15-14+,18-16+/t26-,27-,28-,29+,33+,34+,35-,38+,39+,40-,41+,42+,43-,44+,45+,46-/m1/s1. The molecule has 18 heteroatoms. The van der Waals surface area contributed by atoms with E-state index in [1.807, 2.05) is 20.8 Å². The molecule has 0 unspecified atom stereocenters. The van der Waals surface area contributed by atoms with Crippen molar-refractivity contribution in [2.45, 2.75) is 193 Å². The number of carbonyl (C=O) groups excluding carboxylic acids is 6. The van der Waals surface area contributed by atoms with Crippen LogP contribution < -0.4 is 0 Å². The molecule has 0 bridgehead atoms. The third kappa shape index (κ3) is 16.3. The van der Waals surface area contributed by atoms with Gasteiger partial charge in [-0.25, -0.2) is 0 Å². The Bertz CT molecular complexity index is 1610. The number of cyclic esters (lactones) is 1. The van der Waals surface area contributed by atoms with Crippen LogP contribution in [0, 0.1) is 17.8 Å². The minimum atomic E-state index is -1.55. The van der Waals surface area contributed by atoms with E-state index in [1.165, 1.54) is 27.9 Å². The molecule has 0 aromatic rings. The van der Waals surface area contributed by atoms with Gasteiger partial charge in [0.15, 0.2) is 24.8 Å². The van der Waals surface area contributed by atoms with E-state index in [4.69, 9.17) is 47.4 Å². The van der Waals surface area contributed by atoms with Gasteiger partial charge in [-0.15, -0.1) is 0 Å². The Labute approximate surface area is 377 Å². The van der Waals surface area contributed by atoms with Gasteiger partial charge in [-0.3, -0.25) is 24.0 Å². The van der Waals surface area contributed by atoms with Crippen molar-refractivity contribution in [1.29, 1.82) is 0 Å². The first kappa shape index (κ1) is 54.6. The molecule has 364 valence electrons. The summed E-state index contributed by atoms with van der Waals surface area (Å²) in [6, 6.07) is -0.800. The molecule has 18 nitrogen and oxygen atoms in total. The molecule has 0 aromatic carbocycles. The summed E-state index contributed by atoms with van der Waals surface area (Å²) in [4.78, 5) is 78.3. The number of carbonyl (C=O) groups is 6. The van der Waals surface area contributed by atoms with Crippen molar-refractivity contribution < 1.29 is 81.2 Å². The number of nitrogens with zero attached hydrogens (tertiary/aromatic N) is 1. The van der Waals surface area contributed by atoms with E-state index in [-0.39, 0.29) is 31.6 Å². The summed E-state index contributed by atoms with van der Waals surface area (Å²) < 4.78 is 61.2. The molecular weight excluding hydrogens is 838 g/mol. The Morgan fingerprint density at radius 3 is 2.11 bits per heavy atom. The number of methoxy groups -OCH3 is 1. The number of esters is 5. The van der Waals surface area contributed by atoms with Crippen LogP contribution in [0.15, 0.2) is 24.3 Å². The van der Waals surface area contributed by atoms with Gasteiger partial charge in [0.2, 0.25) is 0 Å². The predicted octanol–water partition coefficient (Wildman–Crippen LogP) is 4.16. The molecule has 1 N–H and O–H groups in total. The average Bonchev–Trinajstić information content (AvgIpc) is 3.15. The lowest BCUT2D eigenvalue weighted by atomic mass is 9.82. The van der Waals surface area contributed by atoms with E-state index in [2.05, 4.69) is 0 Å². The fourth-order valence-electron chi connectivity index (χ4n) is 8.71. The number of ether oxygens (including phenoxy) is 10. The Morgan fingerprint density at radius 1 is 0.891 bits per heavy atom. The van der Waals surface area contributed by atoms with Crippen molar-refractivity contribution in [2.75, 3.05) is 21.2 Å². The van der Waals surface area contributed by atoms with Gasteiger partial charge in [-0.2, -0.15) is 0 Å². The van der Waals surface area contributed by atoms with Crippen molar-refractivity contribution in [3.63, 3.8) is 0 Å². The topological polar surface area (TPSA) is 218 Å². The normalized spacial score (nSPS) is 37.8. The van der Waals surface area contributed by atoms with Crippen LogP contribution in [0.4, 0.5) is 0 Å². The van der Waals surface area contributed by atoms with Gasteiger partial charge in [-0.05, 0) is 72.0 Å². The third-order valence-electron chi connectivity index (χ3n) is 11.5. The van der Waals surface area contributed by atoms with Crippen molar-refractivity contribution in [3.8, 4) is 0 Å². The second-order valence-electron chi connectivity index (χ2n) is 18.1. The van der Waals surface area contributed by atoms with Gasteiger partial charge in [0, 0.05) is 53.6 Å². The Kier molecular flexibility index (Phi) is 21.5. The molecule has 0 aliphatic carbocycles. The third-order valence-corrected chi connectivity index (χ3v) is 11.5. The number of likely N-dealkylation sites (N-methyl/N-ethyl adjacent to an activating group) is 1. The minimum absolute atomic E-state index is 0.0497. The molecule has 0 amide bonds. The van der Waals surface area contributed by atoms with Gasteiger partial charge >= 0.3 is 29.8 Å². The number of allylic oxidation sites excluding steroid dienone is 2. The van der Waals surface area contributed by atoms with E-state index in [0.29, 0.717) is 12.7 Å². The first-order valence-electron chi connectivity index (χ1n) is 22.2. The molecule has 64 heavy (non-hydrogen) atoms. The van der Waals surface area contributed by atoms with Crippen LogP contribution >= 0.6 is 0 Å². The van der Waals surface area contributed by atoms with Gasteiger partial charge in [-0.1, -0.05) is 39.0 Å². The summed E-state index contributed by atoms with van der Waals surface area (Å²) in [5.74, 6) is -4.22. The molecule has 3 aliphatic rings. The van der Waals surface area contributed by atoms with Crippen LogP contribution in [0.3, 0.4) is 0 Å². The largest absolute Gasteiger partial charge is 0.462 e. The highest BCUT2D eigenvalue weighted by Gasteiger charge is 2.54. The predicted molar refractivity (Wildman–Crippen MR) is 229 cm³/mol. The van der Waals surface area contributed by atoms with Crippen LogP contribution in [0.5, 0.6) is 0 Å². The lowest BCUT2D eigenvalue weighted by molar-refractivity contribution is -0.345. The van der Waals surface area contributed by atoms with Crippen LogP contribution in [-0.4, -0.2) is 153 Å². The smallest absolute Gasteiger partial charge is 0.309 e. The number of rotatable bonds is 14. The van der Waals surface area contributed by atoms with Gasteiger partial charge in [0.1, 0.15) is 42.4 Å². The van der Waals surface area contributed by atoms with Crippen LogP contribution in [-0.2, 0) is 76.1 Å². The molecule has 3 rings (SSSR count). The molecule has 2 saturated heterocycles. The van der Waals surface area contributed by atoms with Gasteiger partial charge in [0.25, 0.3) is 0 Å². The lowest BCUT2D eigenvalue weighted by Gasteiger charge is -2.51. The molecule has 3 heterocycles. The van der Waals surface area contributed by atoms with Crippen molar-refractivity contribution >= 4 is 36.1 Å². The van der Waals surface area contributed by atoms with Gasteiger partial charge < -0.3 is 62.2 Å². The maximum atomic E-state index is 13.4. The molecule has 0 saturated carbocycles. The summed E-state index contributed by atoms with van der Waals surface area (Å²) in [5.41, 5.74) is -1.55. The van der Waals surface area contributed by atoms with Crippen LogP contribution in [0.1, 0.15) is 108 Å². The number of hydrogen-bond acceptors (Lipinski definition) is 18. The molecular formula is C46H73NO17. The zero-order valence-corrected chi connectivity index (χ0v) is 39.8. The highest BCUT2D eigenvalue weighted by atomic mass is 16.7. The summed E-state index contributed by atoms with van der Waals surface area (Å²) in [7, 11) is 4.84. The first-order valence-corrected chi connectivity index (χ1v) is 22.2. The van der Waals surface area contributed by atoms with Crippen LogP contribution in [0.2, 0.25) is 0 Å². The molecule has 16 atom stereocenters. The first-order chi connectivity index (χ1) is 30.0. The number of aliphatic hydroxyl groups is 1. The maximum absolute atomic E-state index is 13.4. The summed E-state index contributed by atoms with van der Waals surface area (Å²) >= 11 is 0. The molecule has 2 fully saturated rings. The second kappa shape index (κ2) is 25.2. The number of hydrogen-bond donors (Lipinski definition) is 1. The van der Waals surface area contributed by atoms with Crippen molar-refractivity contribution in [3.05, 3.63) is 24.3 Å². The second-order valence-corrected chi connectivity index (χ2v) is 18.1. The van der Waals surface area contributed by atoms with Crippen LogP contribution in [0.25, 0.3) is 0 Å². The maximum Gasteiger partial charge on any atom is 0.309 e. The lowest BCUT2D eigenvalue weighted by Crippen LogP contribution is -2.66. The monoisotopic (exact) mass is 911 g/mol. The fourth-order valence-corrected chi connectivity index (χ4v) is 8.71. The van der Waals surface area contributed by atoms with E-state index in [9.17, 15) is 33.9 Å². The zero-order valence-electron chi connectivity index (χ0n) is 39.8. The summed E-state index contributed by atoms with van der Waals surface area (Å²) in [6.45, 7) is 16.0. The molecule has 3 aliphatic heterocycles. The SMILES string of the molecule is CO[C@@H]1[C@@H](O[C@@H]2O[C@H](C)[C@@H](O[C@H]3C[C@@](C)(O)[C@@H](OC(=O)CC(C)C)[C@H](C)O3)[C@H](N(C)C)[C@H]2OC(C)=O)[C@@H](CC=O)C[C@@H](C)[C@@H](OC(C)=O)/C=C/C=C/C[C@@H](C)OC(=O)C[C@H]1OC(C)=O.